The number of thioether (sulfide) groups is 1. The van der Waals surface area contributed by atoms with Crippen molar-refractivity contribution in [2.75, 3.05) is 17.3 Å². The summed E-state index contributed by atoms with van der Waals surface area (Å²) >= 11 is 6.46. The van der Waals surface area contributed by atoms with Gasteiger partial charge in [-0.3, -0.25) is 0 Å². The van der Waals surface area contributed by atoms with E-state index in [9.17, 15) is 0 Å². The molecular formula is C9H20S2. The summed E-state index contributed by atoms with van der Waals surface area (Å²) in [4.78, 5) is 0. The second kappa shape index (κ2) is 6.24. The Hall–Kier alpha value is 0.700. The number of hydrogen-bond donors (Lipinski definition) is 1. The van der Waals surface area contributed by atoms with E-state index in [0.717, 1.165) is 5.75 Å². The Balaban J connectivity index is 3.84. The van der Waals surface area contributed by atoms with Crippen molar-refractivity contribution in [2.45, 2.75) is 33.6 Å². The summed E-state index contributed by atoms with van der Waals surface area (Å²) < 4.78 is 0. The number of rotatable bonds is 6. The molecule has 0 bridgehead atoms. The summed E-state index contributed by atoms with van der Waals surface area (Å²) in [6.45, 7) is 6.77. The van der Waals surface area contributed by atoms with Crippen molar-refractivity contribution < 1.29 is 0 Å². The fraction of sp³-hybridized carbons (Fsp3) is 1.00. The first-order chi connectivity index (χ1) is 5.24. The Kier molecular flexibility index (Phi) is 6.64. The molecule has 0 aliphatic heterocycles. The van der Waals surface area contributed by atoms with Crippen LogP contribution in [0.1, 0.15) is 33.6 Å². The molecule has 0 aliphatic rings. The third kappa shape index (κ3) is 3.75. The molecule has 0 nitrogen and oxygen atoms in total. The summed E-state index contributed by atoms with van der Waals surface area (Å²) in [7, 11) is 0. The molecule has 0 amide bonds. The van der Waals surface area contributed by atoms with Gasteiger partial charge in [-0.05, 0) is 35.5 Å². The van der Waals surface area contributed by atoms with Crippen molar-refractivity contribution >= 4 is 24.4 Å². The third-order valence-electron chi connectivity index (χ3n) is 2.45. The molecule has 0 N–H and O–H groups in total. The van der Waals surface area contributed by atoms with E-state index in [4.69, 9.17) is 0 Å². The molecule has 2 heteroatoms. The predicted octanol–water partition coefficient (Wildman–Crippen LogP) is 3.48. The molecule has 0 radical (unpaired) electrons. The van der Waals surface area contributed by atoms with Crippen molar-refractivity contribution in [2.24, 2.45) is 5.41 Å². The van der Waals surface area contributed by atoms with Crippen LogP contribution in [0.2, 0.25) is 0 Å². The molecule has 0 fully saturated rings. The van der Waals surface area contributed by atoms with E-state index in [0.29, 0.717) is 5.41 Å². The van der Waals surface area contributed by atoms with E-state index in [-0.39, 0.29) is 0 Å². The molecule has 0 aliphatic carbocycles. The van der Waals surface area contributed by atoms with Gasteiger partial charge in [0, 0.05) is 0 Å². The number of hydrogen-bond acceptors (Lipinski definition) is 2. The van der Waals surface area contributed by atoms with Gasteiger partial charge < -0.3 is 0 Å². The van der Waals surface area contributed by atoms with Crippen molar-refractivity contribution in [3.63, 3.8) is 0 Å². The highest BCUT2D eigenvalue weighted by molar-refractivity contribution is 7.99. The molecular weight excluding hydrogens is 172 g/mol. The lowest BCUT2D eigenvalue weighted by atomic mass is 9.87. The summed E-state index contributed by atoms with van der Waals surface area (Å²) in [6, 6.07) is 0. The molecule has 0 saturated heterocycles. The average Bonchev–Trinajstić information content (AvgIpc) is 2.08. The Labute approximate surface area is 80.9 Å². The van der Waals surface area contributed by atoms with E-state index < -0.39 is 0 Å². The highest BCUT2D eigenvalue weighted by atomic mass is 32.2. The molecule has 0 rings (SSSR count). The first kappa shape index (κ1) is 11.7. The molecule has 0 spiro atoms. The largest absolute Gasteiger partial charge is 0.179 e. The van der Waals surface area contributed by atoms with Gasteiger partial charge in [0.1, 0.15) is 0 Å². The third-order valence-corrected chi connectivity index (χ3v) is 4.34. The van der Waals surface area contributed by atoms with Crippen molar-refractivity contribution in [1.82, 2.24) is 0 Å². The van der Waals surface area contributed by atoms with Crippen molar-refractivity contribution in [1.29, 1.82) is 0 Å². The summed E-state index contributed by atoms with van der Waals surface area (Å²) in [5, 5.41) is 0. The first-order valence-corrected chi connectivity index (χ1v) is 6.22. The molecule has 0 atom stereocenters. The Morgan fingerprint density at radius 3 is 2.00 bits per heavy atom. The van der Waals surface area contributed by atoms with E-state index in [2.05, 4.69) is 33.4 Å². The van der Waals surface area contributed by atoms with E-state index >= 15 is 0 Å². The van der Waals surface area contributed by atoms with Crippen LogP contribution in [0.5, 0.6) is 0 Å². The minimum absolute atomic E-state index is 0.504. The topological polar surface area (TPSA) is 0 Å². The van der Waals surface area contributed by atoms with Crippen LogP contribution >= 0.6 is 24.4 Å². The number of thiol groups is 1. The van der Waals surface area contributed by atoms with Gasteiger partial charge >= 0.3 is 0 Å². The van der Waals surface area contributed by atoms with Gasteiger partial charge in [0.2, 0.25) is 0 Å². The smallest absolute Gasteiger partial charge is 0.000330 e. The molecule has 0 heterocycles. The zero-order valence-electron chi connectivity index (χ0n) is 7.89. The fourth-order valence-corrected chi connectivity index (χ4v) is 2.90. The Morgan fingerprint density at radius 1 is 1.18 bits per heavy atom. The minimum atomic E-state index is 0.504. The summed E-state index contributed by atoms with van der Waals surface area (Å²) in [5.41, 5.74) is 0.504. The van der Waals surface area contributed by atoms with Gasteiger partial charge in [-0.25, -0.2) is 0 Å². The van der Waals surface area contributed by atoms with Crippen LogP contribution in [0, 0.1) is 5.41 Å². The molecule has 0 saturated carbocycles. The molecule has 0 aromatic rings. The highest BCUT2D eigenvalue weighted by Gasteiger charge is 2.23. The minimum Gasteiger partial charge on any atom is -0.179 e. The van der Waals surface area contributed by atoms with Gasteiger partial charge in [0.05, 0.1) is 0 Å². The summed E-state index contributed by atoms with van der Waals surface area (Å²) in [5.74, 6) is 3.54. The van der Waals surface area contributed by atoms with Gasteiger partial charge in [-0.2, -0.15) is 24.4 Å². The normalized spacial score (nSPS) is 12.0. The van der Waals surface area contributed by atoms with Crippen LogP contribution in [0.4, 0.5) is 0 Å². The molecule has 0 unspecified atom stereocenters. The molecule has 11 heavy (non-hydrogen) atoms. The van der Waals surface area contributed by atoms with Crippen LogP contribution in [0.25, 0.3) is 0 Å². The molecule has 0 aromatic carbocycles. The second-order valence-corrected chi connectivity index (χ2v) is 4.59. The zero-order chi connectivity index (χ0) is 8.74. The van der Waals surface area contributed by atoms with Crippen LogP contribution in [-0.2, 0) is 0 Å². The fourth-order valence-electron chi connectivity index (χ4n) is 1.04. The standard InChI is InChI=1S/C9H20S2/c1-4-9(5-2,7-10)8-11-6-3/h10H,4-8H2,1-3H3. The Bertz CT molecular complexity index is 79.3. The summed E-state index contributed by atoms with van der Waals surface area (Å²) in [6.07, 6.45) is 2.53. The molecule has 68 valence electrons. The van der Waals surface area contributed by atoms with E-state index in [1.807, 2.05) is 11.8 Å². The maximum Gasteiger partial charge on any atom is -0.000330 e. The van der Waals surface area contributed by atoms with Gasteiger partial charge in [0.25, 0.3) is 0 Å². The van der Waals surface area contributed by atoms with Gasteiger partial charge in [-0.1, -0.05) is 20.8 Å². The lowest BCUT2D eigenvalue weighted by Crippen LogP contribution is -2.24. The highest BCUT2D eigenvalue weighted by Crippen LogP contribution is 2.31. The monoisotopic (exact) mass is 192 g/mol. The Morgan fingerprint density at radius 2 is 1.73 bits per heavy atom. The lowest BCUT2D eigenvalue weighted by molar-refractivity contribution is 0.357. The SMILES string of the molecule is CCSCC(CC)(CC)CS. The maximum atomic E-state index is 4.42. The zero-order valence-corrected chi connectivity index (χ0v) is 9.60. The van der Waals surface area contributed by atoms with Crippen LogP contribution < -0.4 is 0 Å². The van der Waals surface area contributed by atoms with Gasteiger partial charge in [0.15, 0.2) is 0 Å². The van der Waals surface area contributed by atoms with Crippen LogP contribution in [0.15, 0.2) is 0 Å². The van der Waals surface area contributed by atoms with Gasteiger partial charge in [-0.15, -0.1) is 0 Å². The second-order valence-electron chi connectivity index (χ2n) is 3.00. The van der Waals surface area contributed by atoms with Crippen molar-refractivity contribution in [3.8, 4) is 0 Å². The predicted molar refractivity (Wildman–Crippen MR) is 59.9 cm³/mol. The van der Waals surface area contributed by atoms with Crippen LogP contribution in [0.3, 0.4) is 0 Å². The lowest BCUT2D eigenvalue weighted by Gasteiger charge is -2.29. The van der Waals surface area contributed by atoms with E-state index in [1.165, 1.54) is 24.3 Å². The van der Waals surface area contributed by atoms with E-state index in [1.54, 1.807) is 0 Å². The first-order valence-electron chi connectivity index (χ1n) is 4.43. The average molecular weight is 192 g/mol. The maximum absolute atomic E-state index is 4.42. The van der Waals surface area contributed by atoms with Crippen LogP contribution in [-0.4, -0.2) is 17.3 Å². The molecule has 0 aromatic heterocycles. The quantitative estimate of drug-likeness (QED) is 0.629. The van der Waals surface area contributed by atoms with Crippen molar-refractivity contribution in [3.05, 3.63) is 0 Å².